The van der Waals surface area contributed by atoms with Gasteiger partial charge >= 0.3 is 5.82 Å². The van der Waals surface area contributed by atoms with Gasteiger partial charge in [-0.15, -0.1) is 0 Å². The number of rotatable bonds is 1. The van der Waals surface area contributed by atoms with Gasteiger partial charge < -0.3 is 8.83 Å². The quantitative estimate of drug-likeness (QED) is 0.688. The first kappa shape index (κ1) is 13.4. The molecule has 21 heavy (non-hydrogen) atoms. The summed E-state index contributed by atoms with van der Waals surface area (Å²) in [5.74, 6) is -0.914. The van der Waals surface area contributed by atoms with Crippen LogP contribution < -0.4 is 5.82 Å². The van der Waals surface area contributed by atoms with Gasteiger partial charge in [0.05, 0.1) is 6.26 Å². The normalized spacial score (nSPS) is 11.7. The number of para-hydroxylation sites is 4. The number of fused-ring (bicyclic) bond motifs is 2. The van der Waals surface area contributed by atoms with E-state index in [4.69, 9.17) is 8.83 Å². The molecular formula is C14H11NO5S. The van der Waals surface area contributed by atoms with Crippen molar-refractivity contribution < 1.29 is 17.3 Å². The molecule has 3 aromatic rings. The Bertz CT molecular complexity index is 973. The van der Waals surface area contributed by atoms with Gasteiger partial charge in [-0.25, -0.2) is 17.2 Å². The Morgan fingerprint density at radius 3 is 1.71 bits per heavy atom. The van der Waals surface area contributed by atoms with E-state index >= 15 is 0 Å². The van der Waals surface area contributed by atoms with E-state index in [0.29, 0.717) is 0 Å². The highest BCUT2D eigenvalue weighted by molar-refractivity contribution is 7.89. The van der Waals surface area contributed by atoms with Gasteiger partial charge in [0.25, 0.3) is 0 Å². The molecule has 0 unspecified atom stereocenters. The van der Waals surface area contributed by atoms with Gasteiger partial charge in [-0.2, -0.15) is 0 Å². The molecule has 0 N–H and O–H groups in total. The molecule has 7 heteroatoms. The van der Waals surface area contributed by atoms with Crippen molar-refractivity contribution in [2.45, 2.75) is 0 Å². The minimum absolute atomic E-state index is 0.113. The van der Waals surface area contributed by atoms with Gasteiger partial charge in [0.1, 0.15) is 11.0 Å². The third-order valence-electron chi connectivity index (χ3n) is 2.89. The zero-order chi connectivity index (χ0) is 15.0. The molecule has 108 valence electrons. The Morgan fingerprint density at radius 1 is 0.857 bits per heavy atom. The second-order valence-electron chi connectivity index (χ2n) is 4.42. The molecule has 1 heterocycles. The lowest BCUT2D eigenvalue weighted by atomic mass is 10.3. The van der Waals surface area contributed by atoms with Crippen LogP contribution >= 0.6 is 0 Å². The smallest absolute Gasteiger partial charge is 0.392 e. The summed E-state index contributed by atoms with van der Waals surface area (Å²) in [7, 11) is -3.65. The molecule has 2 aromatic carbocycles. The predicted molar refractivity (Wildman–Crippen MR) is 78.1 cm³/mol. The lowest BCUT2D eigenvalue weighted by molar-refractivity contribution is 0.374. The van der Waals surface area contributed by atoms with Crippen LogP contribution in [0.1, 0.15) is 0 Å². The summed E-state index contributed by atoms with van der Waals surface area (Å²) < 4.78 is 35.6. The van der Waals surface area contributed by atoms with Gasteiger partial charge in [-0.3, -0.25) is 0 Å². The van der Waals surface area contributed by atoms with Gasteiger partial charge in [0.2, 0.25) is 10.0 Å². The molecule has 3 rings (SSSR count). The fraction of sp³-hybridized carbons (Fsp3) is 0.0714. The molecule has 0 bridgehead atoms. The SMILES string of the molecule is CS(=O)(=O)n1c2ccccc2oc(=O)oc2ccccc21. The van der Waals surface area contributed by atoms with Gasteiger partial charge in [-0.1, -0.05) is 24.3 Å². The van der Waals surface area contributed by atoms with Crippen LogP contribution in [0.5, 0.6) is 0 Å². The first-order valence-corrected chi connectivity index (χ1v) is 7.90. The van der Waals surface area contributed by atoms with Crippen molar-refractivity contribution in [2.75, 3.05) is 6.26 Å². The van der Waals surface area contributed by atoms with Crippen LogP contribution in [0, 0.1) is 0 Å². The van der Waals surface area contributed by atoms with Crippen LogP contribution in [0.15, 0.2) is 62.2 Å². The van der Waals surface area contributed by atoms with Crippen molar-refractivity contribution in [3.63, 3.8) is 0 Å². The van der Waals surface area contributed by atoms with E-state index in [-0.39, 0.29) is 22.2 Å². The topological polar surface area (TPSA) is 82.4 Å². The average Bonchev–Trinajstić information content (AvgIpc) is 2.39. The molecule has 0 amide bonds. The Balaban J connectivity index is 2.78. The van der Waals surface area contributed by atoms with Crippen molar-refractivity contribution in [3.8, 4) is 0 Å². The molecule has 0 spiro atoms. The molecular weight excluding hydrogens is 294 g/mol. The van der Waals surface area contributed by atoms with E-state index in [1.807, 2.05) is 0 Å². The maximum atomic E-state index is 12.2. The average molecular weight is 305 g/mol. The summed E-state index contributed by atoms with van der Waals surface area (Å²) in [4.78, 5) is 11.7. The lowest BCUT2D eigenvalue weighted by Gasteiger charge is -2.09. The molecule has 0 saturated carbocycles. The number of nitrogens with zero attached hydrogens (tertiary/aromatic N) is 1. The van der Waals surface area contributed by atoms with E-state index in [9.17, 15) is 13.2 Å². The summed E-state index contributed by atoms with van der Waals surface area (Å²) in [6.07, 6.45) is 1.07. The predicted octanol–water partition coefficient (Wildman–Crippen LogP) is 2.27. The zero-order valence-electron chi connectivity index (χ0n) is 11.0. The highest BCUT2D eigenvalue weighted by Gasteiger charge is 2.13. The number of hydrogen-bond acceptors (Lipinski definition) is 5. The van der Waals surface area contributed by atoms with Crippen LogP contribution in [0.4, 0.5) is 0 Å². The Hall–Kier alpha value is -2.54. The third-order valence-corrected chi connectivity index (χ3v) is 3.94. The summed E-state index contributed by atoms with van der Waals surface area (Å²) in [5, 5.41) is 0. The van der Waals surface area contributed by atoms with Crippen LogP contribution in [-0.2, 0) is 10.0 Å². The van der Waals surface area contributed by atoms with E-state index in [1.54, 1.807) is 36.4 Å². The molecule has 0 fully saturated rings. The van der Waals surface area contributed by atoms with Gasteiger partial charge in [0, 0.05) is 0 Å². The number of hydrogen-bond donors (Lipinski definition) is 0. The first-order valence-electron chi connectivity index (χ1n) is 6.05. The van der Waals surface area contributed by atoms with Crippen molar-refractivity contribution in [1.82, 2.24) is 3.97 Å². The minimum Gasteiger partial charge on any atom is -0.392 e. The first-order chi connectivity index (χ1) is 9.97. The van der Waals surface area contributed by atoms with Crippen LogP contribution in [0.2, 0.25) is 0 Å². The number of benzene rings is 2. The summed E-state index contributed by atoms with van der Waals surface area (Å²) in [6.45, 7) is 0. The molecule has 0 aliphatic rings. The molecule has 0 aliphatic heterocycles. The van der Waals surface area contributed by atoms with E-state index < -0.39 is 15.8 Å². The zero-order valence-corrected chi connectivity index (χ0v) is 11.8. The fourth-order valence-corrected chi connectivity index (χ4v) is 3.13. The summed E-state index contributed by atoms with van der Waals surface area (Å²) >= 11 is 0. The van der Waals surface area contributed by atoms with Crippen molar-refractivity contribution in [2.24, 2.45) is 0 Å². The second kappa shape index (κ2) is 4.78. The standard InChI is InChI=1S/C14H11NO5S/c1-21(17,18)15-10-6-2-4-8-12(10)19-14(16)20-13-9-5-3-7-11(13)15/h2-9H,1H3. The Labute approximate surface area is 119 Å². The summed E-state index contributed by atoms with van der Waals surface area (Å²) in [5.41, 5.74) is 0.734. The van der Waals surface area contributed by atoms with E-state index in [1.165, 1.54) is 12.1 Å². The van der Waals surface area contributed by atoms with Crippen molar-refractivity contribution >= 4 is 32.2 Å². The number of aromatic nitrogens is 1. The lowest BCUT2D eigenvalue weighted by Crippen LogP contribution is -2.12. The Morgan fingerprint density at radius 2 is 1.29 bits per heavy atom. The highest BCUT2D eigenvalue weighted by Crippen LogP contribution is 2.19. The monoisotopic (exact) mass is 305 g/mol. The molecule has 6 nitrogen and oxygen atoms in total. The van der Waals surface area contributed by atoms with Crippen LogP contribution in [0.25, 0.3) is 22.2 Å². The molecule has 0 radical (unpaired) electrons. The fourth-order valence-electron chi connectivity index (χ4n) is 2.11. The maximum absolute atomic E-state index is 12.2. The van der Waals surface area contributed by atoms with Crippen molar-refractivity contribution in [1.29, 1.82) is 0 Å². The molecule has 0 aliphatic carbocycles. The minimum atomic E-state index is -3.65. The molecule has 0 saturated heterocycles. The van der Waals surface area contributed by atoms with Crippen molar-refractivity contribution in [3.05, 3.63) is 59.1 Å². The van der Waals surface area contributed by atoms with E-state index in [2.05, 4.69) is 0 Å². The molecule has 1 aromatic heterocycles. The van der Waals surface area contributed by atoms with E-state index in [0.717, 1.165) is 10.2 Å². The third kappa shape index (κ3) is 2.43. The van der Waals surface area contributed by atoms with Gasteiger partial charge in [0.15, 0.2) is 11.2 Å². The largest absolute Gasteiger partial charge is 0.519 e. The van der Waals surface area contributed by atoms with Crippen LogP contribution in [-0.4, -0.2) is 18.6 Å². The second-order valence-corrected chi connectivity index (χ2v) is 6.25. The highest BCUT2D eigenvalue weighted by atomic mass is 32.2. The summed E-state index contributed by atoms with van der Waals surface area (Å²) in [6, 6.07) is 12.7. The maximum Gasteiger partial charge on any atom is 0.519 e. The molecule has 0 atom stereocenters. The van der Waals surface area contributed by atoms with Crippen LogP contribution in [0.3, 0.4) is 0 Å². The Kier molecular flexibility index (Phi) is 3.06. The van der Waals surface area contributed by atoms with Gasteiger partial charge in [-0.05, 0) is 24.3 Å².